The number of carboxylic acid groups (broad SMARTS) is 1. The summed E-state index contributed by atoms with van der Waals surface area (Å²) in [6.45, 7) is 0. The summed E-state index contributed by atoms with van der Waals surface area (Å²) in [4.78, 5) is 16.7. The van der Waals surface area contributed by atoms with Crippen LogP contribution in [-0.4, -0.2) is 16.1 Å². The molecule has 0 fully saturated rings. The van der Waals surface area contributed by atoms with Gasteiger partial charge in [-0.2, -0.15) is 0 Å². The van der Waals surface area contributed by atoms with Crippen molar-refractivity contribution in [2.24, 2.45) is 0 Å². The van der Waals surface area contributed by atoms with Gasteiger partial charge >= 0.3 is 5.97 Å². The number of hydrogen-bond acceptors (Lipinski definition) is 3. The minimum atomic E-state index is -0.847. The molecule has 104 valence electrons. The Hall–Kier alpha value is -1.46. The van der Waals surface area contributed by atoms with Gasteiger partial charge in [0.25, 0.3) is 0 Å². The zero-order valence-electron chi connectivity index (χ0n) is 10.4. The first-order chi connectivity index (χ1) is 9.54. The number of fused-ring (bicyclic) bond motifs is 1. The second-order valence-electron chi connectivity index (χ2n) is 4.77. The quantitative estimate of drug-likeness (QED) is 0.908. The van der Waals surface area contributed by atoms with Crippen molar-refractivity contribution < 1.29 is 14.3 Å². The summed E-state index contributed by atoms with van der Waals surface area (Å²) in [5.74, 6) is -1.82. The molecule has 0 amide bonds. The molecule has 20 heavy (non-hydrogen) atoms. The normalized spacial score (nSPS) is 17.8. The maximum atomic E-state index is 13.4. The lowest BCUT2D eigenvalue weighted by atomic mass is 9.91. The monoisotopic (exact) mass is 311 g/mol. The van der Waals surface area contributed by atoms with Crippen LogP contribution in [0.25, 0.3) is 10.6 Å². The summed E-state index contributed by atoms with van der Waals surface area (Å²) in [7, 11) is 0. The third-order valence-electron chi connectivity index (χ3n) is 3.36. The van der Waals surface area contributed by atoms with E-state index in [1.807, 2.05) is 0 Å². The van der Waals surface area contributed by atoms with Crippen LogP contribution < -0.4 is 0 Å². The van der Waals surface area contributed by atoms with Crippen molar-refractivity contribution in [1.29, 1.82) is 0 Å². The summed E-state index contributed by atoms with van der Waals surface area (Å²) >= 11 is 7.28. The van der Waals surface area contributed by atoms with Crippen molar-refractivity contribution in [3.05, 3.63) is 39.6 Å². The predicted molar refractivity (Wildman–Crippen MR) is 75.8 cm³/mol. The van der Waals surface area contributed by atoms with Gasteiger partial charge < -0.3 is 5.11 Å². The Kier molecular flexibility index (Phi) is 3.48. The number of aryl methyl sites for hydroxylation is 1. The number of aliphatic carboxylic acids is 1. The number of thiazole rings is 1. The van der Waals surface area contributed by atoms with E-state index in [0.29, 0.717) is 27.7 Å². The molecule has 1 N–H and O–H groups in total. The third-order valence-corrected chi connectivity index (χ3v) is 4.76. The van der Waals surface area contributed by atoms with Crippen LogP contribution >= 0.6 is 22.9 Å². The zero-order chi connectivity index (χ0) is 14.3. The van der Waals surface area contributed by atoms with Crippen LogP contribution in [0.5, 0.6) is 0 Å². The van der Waals surface area contributed by atoms with E-state index in [0.717, 1.165) is 17.7 Å². The van der Waals surface area contributed by atoms with Crippen molar-refractivity contribution in [2.75, 3.05) is 0 Å². The van der Waals surface area contributed by atoms with E-state index in [1.54, 1.807) is 6.07 Å². The lowest BCUT2D eigenvalue weighted by Gasteiger charge is -2.16. The van der Waals surface area contributed by atoms with Crippen LogP contribution in [0.15, 0.2) is 18.2 Å². The van der Waals surface area contributed by atoms with Gasteiger partial charge in [0.2, 0.25) is 0 Å². The fourth-order valence-electron chi connectivity index (χ4n) is 2.46. The van der Waals surface area contributed by atoms with Crippen molar-refractivity contribution in [3.63, 3.8) is 0 Å². The molecule has 0 aliphatic heterocycles. The molecule has 1 unspecified atom stereocenters. The molecular formula is C14H11ClFNO2S. The highest BCUT2D eigenvalue weighted by Gasteiger charge is 2.30. The lowest BCUT2D eigenvalue weighted by molar-refractivity contribution is -0.139. The summed E-state index contributed by atoms with van der Waals surface area (Å²) < 4.78 is 13.4. The Bertz CT molecular complexity index is 666. The van der Waals surface area contributed by atoms with Gasteiger partial charge in [0, 0.05) is 15.5 Å². The van der Waals surface area contributed by atoms with E-state index in [1.165, 1.54) is 23.5 Å². The largest absolute Gasteiger partial charge is 0.481 e. The van der Waals surface area contributed by atoms with Crippen LogP contribution in [0.2, 0.25) is 5.02 Å². The topological polar surface area (TPSA) is 50.2 Å². The predicted octanol–water partition coefficient (Wildman–Crippen LogP) is 4.11. The van der Waals surface area contributed by atoms with Gasteiger partial charge in [-0.25, -0.2) is 9.37 Å². The molecule has 0 spiro atoms. The van der Waals surface area contributed by atoms with Crippen LogP contribution in [0.1, 0.15) is 29.3 Å². The van der Waals surface area contributed by atoms with Crippen molar-refractivity contribution >= 4 is 28.9 Å². The molecule has 0 saturated carbocycles. The third kappa shape index (κ3) is 2.43. The van der Waals surface area contributed by atoms with E-state index in [-0.39, 0.29) is 0 Å². The number of carboxylic acids is 1. The highest BCUT2D eigenvalue weighted by atomic mass is 35.5. The lowest BCUT2D eigenvalue weighted by Crippen LogP contribution is -2.17. The molecule has 1 aromatic heterocycles. The van der Waals surface area contributed by atoms with Crippen LogP contribution in [0, 0.1) is 5.82 Å². The number of aromatic nitrogens is 1. The summed E-state index contributed by atoms with van der Waals surface area (Å²) in [6, 6.07) is 4.25. The second-order valence-corrected chi connectivity index (χ2v) is 6.29. The number of nitrogens with zero attached hydrogens (tertiary/aromatic N) is 1. The smallest absolute Gasteiger partial charge is 0.312 e. The molecule has 6 heteroatoms. The van der Waals surface area contributed by atoms with Crippen LogP contribution in [0.4, 0.5) is 4.39 Å². The van der Waals surface area contributed by atoms with Gasteiger partial charge in [-0.1, -0.05) is 11.6 Å². The molecule has 3 nitrogen and oxygen atoms in total. The maximum absolute atomic E-state index is 13.4. The number of carbonyl (C=O) groups is 1. The first kappa shape index (κ1) is 13.5. The molecule has 1 aliphatic carbocycles. The van der Waals surface area contributed by atoms with Crippen molar-refractivity contribution in [1.82, 2.24) is 4.98 Å². The molecule has 1 aromatic carbocycles. The Morgan fingerprint density at radius 1 is 1.45 bits per heavy atom. The standard InChI is InChI=1S/C14H11ClFNO2S/c15-8-4-7(5-9(16)6-8)13-17-12-10(14(18)19)2-1-3-11(12)20-13/h4-6,10H,1-3H2,(H,18,19). The van der Waals surface area contributed by atoms with Crippen LogP contribution in [-0.2, 0) is 11.2 Å². The van der Waals surface area contributed by atoms with E-state index in [9.17, 15) is 14.3 Å². The van der Waals surface area contributed by atoms with Gasteiger partial charge in [0.15, 0.2) is 0 Å². The molecule has 0 saturated heterocycles. The molecule has 1 atom stereocenters. The van der Waals surface area contributed by atoms with E-state index in [2.05, 4.69) is 4.98 Å². The molecule has 0 radical (unpaired) electrons. The first-order valence-corrected chi connectivity index (χ1v) is 7.43. The zero-order valence-corrected chi connectivity index (χ0v) is 12.0. The van der Waals surface area contributed by atoms with E-state index < -0.39 is 17.7 Å². The molecule has 0 bridgehead atoms. The minimum absolute atomic E-state index is 0.308. The molecular weight excluding hydrogens is 301 g/mol. The molecule has 1 heterocycles. The Labute approximate surface area is 124 Å². The maximum Gasteiger partial charge on any atom is 0.312 e. The van der Waals surface area contributed by atoms with Crippen LogP contribution in [0.3, 0.4) is 0 Å². The average molecular weight is 312 g/mol. The van der Waals surface area contributed by atoms with Gasteiger partial charge in [-0.05, 0) is 37.5 Å². The summed E-state index contributed by atoms with van der Waals surface area (Å²) in [5, 5.41) is 10.2. The van der Waals surface area contributed by atoms with E-state index in [4.69, 9.17) is 11.6 Å². The Morgan fingerprint density at radius 2 is 2.25 bits per heavy atom. The fourth-order valence-corrected chi connectivity index (χ4v) is 3.83. The fraction of sp³-hybridized carbons (Fsp3) is 0.286. The highest BCUT2D eigenvalue weighted by molar-refractivity contribution is 7.15. The first-order valence-electron chi connectivity index (χ1n) is 6.23. The highest BCUT2D eigenvalue weighted by Crippen LogP contribution is 2.38. The second kappa shape index (κ2) is 5.14. The Balaban J connectivity index is 2.06. The number of benzene rings is 1. The number of rotatable bonds is 2. The number of halogens is 2. The summed E-state index contributed by atoms with van der Waals surface area (Å²) in [5.41, 5.74) is 1.22. The minimum Gasteiger partial charge on any atom is -0.481 e. The summed E-state index contributed by atoms with van der Waals surface area (Å²) in [6.07, 6.45) is 2.28. The number of hydrogen-bond donors (Lipinski definition) is 1. The average Bonchev–Trinajstić information content (AvgIpc) is 2.80. The van der Waals surface area contributed by atoms with Gasteiger partial charge in [-0.15, -0.1) is 11.3 Å². The van der Waals surface area contributed by atoms with Gasteiger partial charge in [0.05, 0.1) is 11.6 Å². The molecule has 2 aromatic rings. The van der Waals surface area contributed by atoms with Gasteiger partial charge in [-0.3, -0.25) is 4.79 Å². The Morgan fingerprint density at radius 3 is 2.95 bits per heavy atom. The molecule has 1 aliphatic rings. The van der Waals surface area contributed by atoms with Gasteiger partial charge in [0.1, 0.15) is 10.8 Å². The van der Waals surface area contributed by atoms with Crippen molar-refractivity contribution in [2.45, 2.75) is 25.2 Å². The van der Waals surface area contributed by atoms with E-state index >= 15 is 0 Å². The van der Waals surface area contributed by atoms with Crippen molar-refractivity contribution in [3.8, 4) is 10.6 Å². The SMILES string of the molecule is O=C(O)C1CCCc2sc(-c3cc(F)cc(Cl)c3)nc21. The molecule has 3 rings (SSSR count).